The highest BCUT2D eigenvalue weighted by Crippen LogP contribution is 2.36. The lowest BCUT2D eigenvalue weighted by molar-refractivity contribution is -0.0605. The molecule has 0 unspecified atom stereocenters. The van der Waals surface area contributed by atoms with Crippen LogP contribution in [0.15, 0.2) is 54.9 Å². The molecule has 1 aliphatic rings. The second-order valence-corrected chi connectivity index (χ2v) is 9.98. The molecule has 1 fully saturated rings. The topological polar surface area (TPSA) is 115 Å². The second kappa shape index (κ2) is 11.0. The number of esters is 2. The number of rotatable bonds is 7. The number of halogens is 1. The third-order valence-electron chi connectivity index (χ3n) is 6.26. The SMILES string of the molecule is COc1ncnc2nn([C@H]3C[C@H](OC(=O)c4ccc(C)cc4)[C@@H](COC(=O)c4ccc(C)cc4)O3)c(I)c12. The zero-order valence-corrected chi connectivity index (χ0v) is 23.1. The van der Waals surface area contributed by atoms with E-state index < -0.39 is 30.4 Å². The fraction of sp³-hybridized carbons (Fsp3) is 0.296. The van der Waals surface area contributed by atoms with Crippen LogP contribution < -0.4 is 4.74 Å². The molecular weight excluding hydrogens is 603 g/mol. The van der Waals surface area contributed by atoms with Crippen molar-refractivity contribution in [1.29, 1.82) is 0 Å². The van der Waals surface area contributed by atoms with E-state index in [2.05, 4.69) is 37.7 Å². The van der Waals surface area contributed by atoms with Crippen LogP contribution in [0.2, 0.25) is 0 Å². The summed E-state index contributed by atoms with van der Waals surface area (Å²) >= 11 is 2.13. The van der Waals surface area contributed by atoms with Gasteiger partial charge in [-0.3, -0.25) is 0 Å². The lowest BCUT2D eigenvalue weighted by Crippen LogP contribution is -2.32. The van der Waals surface area contributed by atoms with E-state index in [1.807, 2.05) is 38.1 Å². The molecule has 0 saturated carbocycles. The summed E-state index contributed by atoms with van der Waals surface area (Å²) in [6, 6.07) is 14.2. The summed E-state index contributed by atoms with van der Waals surface area (Å²) in [4.78, 5) is 34.0. The number of fused-ring (bicyclic) bond motifs is 1. The van der Waals surface area contributed by atoms with Crippen LogP contribution in [0, 0.1) is 17.5 Å². The van der Waals surface area contributed by atoms with Gasteiger partial charge in [0.25, 0.3) is 0 Å². The lowest BCUT2D eigenvalue weighted by Gasteiger charge is -2.19. The third-order valence-corrected chi connectivity index (χ3v) is 7.29. The molecule has 1 saturated heterocycles. The van der Waals surface area contributed by atoms with Gasteiger partial charge in [0.05, 0.1) is 18.2 Å². The number of hydrogen-bond acceptors (Lipinski definition) is 9. The Balaban J connectivity index is 1.38. The summed E-state index contributed by atoms with van der Waals surface area (Å²) in [5.74, 6) is -0.573. The van der Waals surface area contributed by atoms with E-state index in [0.717, 1.165) is 11.1 Å². The van der Waals surface area contributed by atoms with Gasteiger partial charge < -0.3 is 18.9 Å². The van der Waals surface area contributed by atoms with Crippen LogP contribution in [0.5, 0.6) is 5.88 Å². The van der Waals surface area contributed by atoms with Gasteiger partial charge in [-0.2, -0.15) is 0 Å². The largest absolute Gasteiger partial charge is 0.480 e. The molecule has 2 aromatic heterocycles. The Kier molecular flexibility index (Phi) is 7.56. The molecule has 0 amide bonds. The van der Waals surface area contributed by atoms with Gasteiger partial charge in [0.15, 0.2) is 11.9 Å². The number of aryl methyl sites for hydroxylation is 2. The van der Waals surface area contributed by atoms with Crippen molar-refractivity contribution < 1.29 is 28.5 Å². The van der Waals surface area contributed by atoms with Crippen molar-refractivity contribution in [2.75, 3.05) is 13.7 Å². The second-order valence-electron chi connectivity index (χ2n) is 8.96. The standard InChI is InChI=1S/C27H25IN4O6/c1-15-4-8-17(9-5-15)26(33)36-13-20-19(38-27(34)18-10-6-16(2)7-11-18)12-21(37-20)32-23(28)22-24(31-32)29-14-30-25(22)35-3/h4-11,14,19-21H,12-13H2,1-3H3/t19-,20+,21+/m0/s1. The van der Waals surface area contributed by atoms with Crippen LogP contribution in [0.3, 0.4) is 0 Å². The minimum Gasteiger partial charge on any atom is -0.480 e. The van der Waals surface area contributed by atoms with Crippen molar-refractivity contribution >= 4 is 45.6 Å². The fourth-order valence-corrected chi connectivity index (χ4v) is 5.06. The quantitative estimate of drug-likeness (QED) is 0.217. The predicted octanol–water partition coefficient (Wildman–Crippen LogP) is 4.43. The molecule has 3 atom stereocenters. The zero-order chi connectivity index (χ0) is 26.8. The van der Waals surface area contributed by atoms with Crippen molar-refractivity contribution in [2.45, 2.75) is 38.7 Å². The van der Waals surface area contributed by atoms with Gasteiger partial charge in [0, 0.05) is 6.42 Å². The van der Waals surface area contributed by atoms with Crippen molar-refractivity contribution in [3.05, 3.63) is 80.8 Å². The van der Waals surface area contributed by atoms with Crippen molar-refractivity contribution in [1.82, 2.24) is 19.7 Å². The summed E-state index contributed by atoms with van der Waals surface area (Å²) in [6.07, 6.45) is -0.316. The summed E-state index contributed by atoms with van der Waals surface area (Å²) in [6.45, 7) is 3.78. The highest BCUT2D eigenvalue weighted by atomic mass is 127. The number of aromatic nitrogens is 4. The van der Waals surface area contributed by atoms with Crippen LogP contribution in [0.1, 0.15) is 44.5 Å². The van der Waals surface area contributed by atoms with Crippen LogP contribution in [-0.4, -0.2) is 57.6 Å². The molecule has 0 N–H and O–H groups in total. The van der Waals surface area contributed by atoms with Gasteiger partial charge in [-0.05, 0) is 60.7 Å². The Morgan fingerprint density at radius 2 is 1.63 bits per heavy atom. The number of hydrogen-bond donors (Lipinski definition) is 0. The highest BCUT2D eigenvalue weighted by molar-refractivity contribution is 14.1. The summed E-state index contributed by atoms with van der Waals surface area (Å²) in [5.41, 5.74) is 3.37. The van der Waals surface area contributed by atoms with Crippen LogP contribution in [0.4, 0.5) is 0 Å². The molecule has 0 radical (unpaired) electrons. The molecule has 3 heterocycles. The molecule has 38 heavy (non-hydrogen) atoms. The van der Waals surface area contributed by atoms with E-state index in [4.69, 9.17) is 18.9 Å². The highest BCUT2D eigenvalue weighted by Gasteiger charge is 2.41. The Morgan fingerprint density at radius 3 is 2.26 bits per heavy atom. The third kappa shape index (κ3) is 5.34. The van der Waals surface area contributed by atoms with Gasteiger partial charge in [0.1, 0.15) is 34.2 Å². The van der Waals surface area contributed by atoms with Crippen molar-refractivity contribution in [3.63, 3.8) is 0 Å². The van der Waals surface area contributed by atoms with Gasteiger partial charge in [-0.15, -0.1) is 5.10 Å². The van der Waals surface area contributed by atoms with Crippen LogP contribution in [0.25, 0.3) is 11.0 Å². The summed E-state index contributed by atoms with van der Waals surface area (Å²) in [5, 5.41) is 5.23. The first kappa shape index (κ1) is 26.0. The van der Waals surface area contributed by atoms with Crippen LogP contribution in [-0.2, 0) is 14.2 Å². The Hall–Kier alpha value is -3.58. The van der Waals surface area contributed by atoms with Gasteiger partial charge in [-0.25, -0.2) is 24.2 Å². The van der Waals surface area contributed by atoms with E-state index in [0.29, 0.717) is 38.2 Å². The Morgan fingerprint density at radius 1 is 1.00 bits per heavy atom. The minimum absolute atomic E-state index is 0.102. The predicted molar refractivity (Wildman–Crippen MR) is 145 cm³/mol. The van der Waals surface area contributed by atoms with Crippen molar-refractivity contribution in [3.8, 4) is 5.88 Å². The molecule has 5 rings (SSSR count). The molecule has 4 aromatic rings. The lowest BCUT2D eigenvalue weighted by atomic mass is 10.1. The molecule has 196 valence electrons. The first-order valence-electron chi connectivity index (χ1n) is 11.9. The number of ether oxygens (including phenoxy) is 4. The Labute approximate surface area is 232 Å². The molecule has 1 aliphatic heterocycles. The number of nitrogens with zero attached hydrogens (tertiary/aromatic N) is 4. The summed E-state index contributed by atoms with van der Waals surface area (Å²) in [7, 11) is 1.53. The number of benzene rings is 2. The van der Waals surface area contributed by atoms with E-state index in [1.165, 1.54) is 13.4 Å². The van der Waals surface area contributed by atoms with E-state index in [1.54, 1.807) is 28.9 Å². The molecule has 10 nitrogen and oxygen atoms in total. The van der Waals surface area contributed by atoms with E-state index in [-0.39, 0.29) is 6.61 Å². The molecular formula is C27H25IN4O6. The zero-order valence-electron chi connectivity index (χ0n) is 21.0. The smallest absolute Gasteiger partial charge is 0.338 e. The first-order chi connectivity index (χ1) is 18.3. The maximum absolute atomic E-state index is 12.9. The van der Waals surface area contributed by atoms with E-state index in [9.17, 15) is 9.59 Å². The summed E-state index contributed by atoms with van der Waals surface area (Å²) < 4.78 is 25.4. The normalized spacial score (nSPS) is 18.9. The van der Waals surface area contributed by atoms with Gasteiger partial charge in [0.2, 0.25) is 5.88 Å². The first-order valence-corrected chi connectivity index (χ1v) is 13.0. The van der Waals surface area contributed by atoms with Crippen LogP contribution >= 0.6 is 22.6 Å². The maximum atomic E-state index is 12.9. The monoisotopic (exact) mass is 628 g/mol. The maximum Gasteiger partial charge on any atom is 0.338 e. The number of methoxy groups -OCH3 is 1. The number of carbonyl (C=O) groups is 2. The van der Waals surface area contributed by atoms with Crippen molar-refractivity contribution in [2.24, 2.45) is 0 Å². The number of carbonyl (C=O) groups excluding carboxylic acids is 2. The minimum atomic E-state index is -0.708. The van der Waals surface area contributed by atoms with E-state index >= 15 is 0 Å². The molecule has 0 spiro atoms. The Bertz CT molecular complexity index is 1470. The molecule has 0 aliphatic carbocycles. The average Bonchev–Trinajstić information content (AvgIpc) is 3.48. The molecule has 0 bridgehead atoms. The fourth-order valence-electron chi connectivity index (χ4n) is 4.17. The van der Waals surface area contributed by atoms with Gasteiger partial charge >= 0.3 is 11.9 Å². The molecule has 2 aromatic carbocycles. The average molecular weight is 628 g/mol. The van der Waals surface area contributed by atoms with Gasteiger partial charge in [-0.1, -0.05) is 35.4 Å². The molecule has 11 heteroatoms.